The number of sulfonamides is 1. The standard InChI is InChI=1S/C18H23N3O3S.ClH/c1-3-12-25(23,24)21-16-11-7-10-15(13-16)20-17(22)18(2,19)14-8-5-4-6-9-14;/h4-11,13,21H,3,12,19H2,1-2H3,(H,20,22);1H. The Labute approximate surface area is 160 Å². The molecule has 142 valence electrons. The first-order valence-corrected chi connectivity index (χ1v) is 9.66. The lowest BCUT2D eigenvalue weighted by atomic mass is 9.92. The molecule has 0 aliphatic heterocycles. The van der Waals surface area contributed by atoms with Crippen molar-refractivity contribution >= 4 is 39.7 Å². The van der Waals surface area contributed by atoms with Crippen molar-refractivity contribution in [3.05, 3.63) is 60.2 Å². The van der Waals surface area contributed by atoms with Crippen LogP contribution in [-0.4, -0.2) is 20.1 Å². The molecule has 2 rings (SSSR count). The lowest BCUT2D eigenvalue weighted by Gasteiger charge is -2.24. The summed E-state index contributed by atoms with van der Waals surface area (Å²) >= 11 is 0. The first-order valence-electron chi connectivity index (χ1n) is 8.01. The molecule has 0 heterocycles. The van der Waals surface area contributed by atoms with Gasteiger partial charge in [-0.05, 0) is 37.1 Å². The van der Waals surface area contributed by atoms with Crippen LogP contribution in [0.4, 0.5) is 11.4 Å². The van der Waals surface area contributed by atoms with Gasteiger partial charge in [0, 0.05) is 5.69 Å². The van der Waals surface area contributed by atoms with Gasteiger partial charge in [-0.1, -0.05) is 43.3 Å². The lowest BCUT2D eigenvalue weighted by molar-refractivity contribution is -0.120. The number of carbonyl (C=O) groups is 1. The van der Waals surface area contributed by atoms with E-state index in [4.69, 9.17) is 5.73 Å². The first kappa shape index (κ1) is 22.0. The monoisotopic (exact) mass is 397 g/mol. The van der Waals surface area contributed by atoms with E-state index < -0.39 is 15.6 Å². The number of nitrogens with one attached hydrogen (secondary N) is 2. The summed E-state index contributed by atoms with van der Waals surface area (Å²) in [6.45, 7) is 3.42. The van der Waals surface area contributed by atoms with Crippen LogP contribution in [0.1, 0.15) is 25.8 Å². The molecule has 0 aromatic heterocycles. The molecule has 1 atom stereocenters. The number of amides is 1. The Morgan fingerprint density at radius 3 is 2.31 bits per heavy atom. The molecule has 8 heteroatoms. The normalized spacial score (nSPS) is 13.2. The van der Waals surface area contributed by atoms with Gasteiger partial charge in [-0.25, -0.2) is 8.42 Å². The lowest BCUT2D eigenvalue weighted by Crippen LogP contribution is -2.45. The highest BCUT2D eigenvalue weighted by molar-refractivity contribution is 7.92. The second-order valence-corrected chi connectivity index (χ2v) is 7.87. The molecular weight excluding hydrogens is 374 g/mol. The molecule has 2 aromatic carbocycles. The Hall–Kier alpha value is -2.09. The summed E-state index contributed by atoms with van der Waals surface area (Å²) in [6, 6.07) is 15.6. The molecule has 0 radical (unpaired) electrons. The van der Waals surface area contributed by atoms with Crippen LogP contribution in [0.5, 0.6) is 0 Å². The molecule has 0 saturated carbocycles. The van der Waals surface area contributed by atoms with Crippen molar-refractivity contribution < 1.29 is 13.2 Å². The van der Waals surface area contributed by atoms with Crippen molar-refractivity contribution in [3.63, 3.8) is 0 Å². The summed E-state index contributed by atoms with van der Waals surface area (Å²) in [5.41, 5.74) is 6.52. The van der Waals surface area contributed by atoms with E-state index in [1.54, 1.807) is 50.2 Å². The Morgan fingerprint density at radius 1 is 1.08 bits per heavy atom. The fourth-order valence-electron chi connectivity index (χ4n) is 2.34. The van der Waals surface area contributed by atoms with Gasteiger partial charge >= 0.3 is 0 Å². The largest absolute Gasteiger partial charge is 0.324 e. The van der Waals surface area contributed by atoms with Gasteiger partial charge in [0.05, 0.1) is 11.4 Å². The highest BCUT2D eigenvalue weighted by Crippen LogP contribution is 2.22. The van der Waals surface area contributed by atoms with Gasteiger partial charge in [-0.15, -0.1) is 12.4 Å². The van der Waals surface area contributed by atoms with E-state index in [9.17, 15) is 13.2 Å². The van der Waals surface area contributed by atoms with E-state index in [1.165, 1.54) is 0 Å². The van der Waals surface area contributed by atoms with Crippen molar-refractivity contribution in [2.75, 3.05) is 15.8 Å². The van der Waals surface area contributed by atoms with Gasteiger partial charge < -0.3 is 11.1 Å². The third-order valence-corrected chi connectivity index (χ3v) is 5.20. The van der Waals surface area contributed by atoms with Gasteiger partial charge in [0.1, 0.15) is 5.54 Å². The van der Waals surface area contributed by atoms with E-state index in [-0.39, 0.29) is 24.1 Å². The SMILES string of the molecule is CCCS(=O)(=O)Nc1cccc(NC(=O)C(C)(N)c2ccccc2)c1.Cl. The summed E-state index contributed by atoms with van der Waals surface area (Å²) in [5.74, 6) is -0.342. The summed E-state index contributed by atoms with van der Waals surface area (Å²) < 4.78 is 26.2. The number of benzene rings is 2. The number of carbonyl (C=O) groups excluding carboxylic acids is 1. The van der Waals surface area contributed by atoms with E-state index >= 15 is 0 Å². The highest BCUT2D eigenvalue weighted by atomic mass is 35.5. The minimum absolute atomic E-state index is 0. The highest BCUT2D eigenvalue weighted by Gasteiger charge is 2.30. The Bertz CT molecular complexity index is 840. The maximum Gasteiger partial charge on any atom is 0.248 e. The second kappa shape index (κ2) is 9.02. The van der Waals surface area contributed by atoms with Crippen molar-refractivity contribution in [3.8, 4) is 0 Å². The molecule has 0 saturated heterocycles. The van der Waals surface area contributed by atoms with Crippen LogP contribution in [-0.2, 0) is 20.4 Å². The van der Waals surface area contributed by atoms with Crippen LogP contribution >= 0.6 is 12.4 Å². The van der Waals surface area contributed by atoms with Gasteiger partial charge in [0.2, 0.25) is 15.9 Å². The zero-order chi connectivity index (χ0) is 18.5. The number of anilines is 2. The zero-order valence-corrected chi connectivity index (χ0v) is 16.4. The summed E-state index contributed by atoms with van der Waals surface area (Å²) in [6.07, 6.45) is 0.522. The summed E-state index contributed by atoms with van der Waals surface area (Å²) in [7, 11) is -3.39. The van der Waals surface area contributed by atoms with Crippen molar-refractivity contribution in [2.45, 2.75) is 25.8 Å². The Balaban J connectivity index is 0.00000338. The van der Waals surface area contributed by atoms with Gasteiger partial charge in [-0.2, -0.15) is 0 Å². The number of rotatable bonds is 7. The first-order chi connectivity index (χ1) is 11.7. The third-order valence-electron chi connectivity index (χ3n) is 3.71. The van der Waals surface area contributed by atoms with Crippen molar-refractivity contribution in [2.24, 2.45) is 5.73 Å². The van der Waals surface area contributed by atoms with Gasteiger partial charge in [0.15, 0.2) is 0 Å². The quantitative estimate of drug-likeness (QED) is 0.668. The molecule has 2 aromatic rings. The number of halogens is 1. The van der Waals surface area contributed by atoms with Crippen LogP contribution < -0.4 is 15.8 Å². The fourth-order valence-corrected chi connectivity index (χ4v) is 3.46. The van der Waals surface area contributed by atoms with Gasteiger partial charge in [0.25, 0.3) is 0 Å². The number of hydrogen-bond acceptors (Lipinski definition) is 4. The molecule has 0 fully saturated rings. The Morgan fingerprint density at radius 2 is 1.69 bits per heavy atom. The van der Waals surface area contributed by atoms with E-state index in [1.807, 2.05) is 18.2 Å². The smallest absolute Gasteiger partial charge is 0.248 e. The minimum Gasteiger partial charge on any atom is -0.324 e. The second-order valence-electron chi connectivity index (χ2n) is 6.02. The average Bonchev–Trinajstić information content (AvgIpc) is 2.55. The maximum absolute atomic E-state index is 12.6. The molecule has 0 bridgehead atoms. The van der Waals surface area contributed by atoms with Crippen LogP contribution in [0.2, 0.25) is 0 Å². The van der Waals surface area contributed by atoms with E-state index in [0.717, 1.165) is 0 Å². The fraction of sp³-hybridized carbons (Fsp3) is 0.278. The van der Waals surface area contributed by atoms with Crippen LogP contribution in [0.15, 0.2) is 54.6 Å². The molecule has 0 aliphatic rings. The average molecular weight is 398 g/mol. The summed E-state index contributed by atoms with van der Waals surface area (Å²) in [5, 5.41) is 2.74. The topological polar surface area (TPSA) is 101 Å². The van der Waals surface area contributed by atoms with Gasteiger partial charge in [-0.3, -0.25) is 9.52 Å². The molecule has 4 N–H and O–H groups in total. The Kier molecular flexibility index (Phi) is 7.62. The van der Waals surface area contributed by atoms with E-state index in [2.05, 4.69) is 10.0 Å². The van der Waals surface area contributed by atoms with Crippen molar-refractivity contribution in [1.29, 1.82) is 0 Å². The molecule has 1 amide bonds. The van der Waals surface area contributed by atoms with E-state index in [0.29, 0.717) is 23.4 Å². The minimum atomic E-state index is -3.39. The predicted molar refractivity (Wildman–Crippen MR) is 108 cm³/mol. The molecule has 0 aliphatic carbocycles. The van der Waals surface area contributed by atoms with Crippen molar-refractivity contribution in [1.82, 2.24) is 0 Å². The zero-order valence-electron chi connectivity index (χ0n) is 14.7. The van der Waals surface area contributed by atoms with Crippen LogP contribution in [0, 0.1) is 0 Å². The van der Waals surface area contributed by atoms with Crippen LogP contribution in [0.25, 0.3) is 0 Å². The third kappa shape index (κ3) is 5.72. The molecule has 6 nitrogen and oxygen atoms in total. The molecule has 0 spiro atoms. The maximum atomic E-state index is 12.6. The number of hydrogen-bond donors (Lipinski definition) is 3. The molecule has 26 heavy (non-hydrogen) atoms. The molecule has 1 unspecified atom stereocenters. The summed E-state index contributed by atoms with van der Waals surface area (Å²) in [4.78, 5) is 12.6. The molecular formula is C18H24ClN3O3S. The van der Waals surface area contributed by atoms with Crippen LogP contribution in [0.3, 0.4) is 0 Å². The number of nitrogens with two attached hydrogens (primary N) is 1. The predicted octanol–water partition coefficient (Wildman–Crippen LogP) is 3.07.